The fraction of sp³-hybridized carbons (Fsp3) is 0.364. The highest BCUT2D eigenvalue weighted by atomic mass is 32.2. The van der Waals surface area contributed by atoms with Gasteiger partial charge in [0.25, 0.3) is 0 Å². The third kappa shape index (κ3) is 4.62. The van der Waals surface area contributed by atoms with E-state index < -0.39 is 0 Å². The summed E-state index contributed by atoms with van der Waals surface area (Å²) in [6, 6.07) is 8.39. The van der Waals surface area contributed by atoms with Gasteiger partial charge in [0, 0.05) is 11.4 Å². The fourth-order valence-electron chi connectivity index (χ4n) is 1.19. The van der Waals surface area contributed by atoms with E-state index in [1.807, 2.05) is 0 Å². The maximum absolute atomic E-state index is 10.9. The van der Waals surface area contributed by atoms with E-state index in [1.54, 1.807) is 11.8 Å². The molecule has 0 aliphatic rings. The van der Waals surface area contributed by atoms with Crippen molar-refractivity contribution in [2.24, 2.45) is 0 Å². The van der Waals surface area contributed by atoms with Crippen LogP contribution in [-0.2, 0) is 11.2 Å². The molecule has 1 rings (SSSR count). The van der Waals surface area contributed by atoms with Crippen molar-refractivity contribution in [2.75, 3.05) is 18.6 Å². The van der Waals surface area contributed by atoms with Crippen LogP contribution in [0.3, 0.4) is 0 Å². The number of rotatable bonds is 5. The van der Waals surface area contributed by atoms with E-state index in [2.05, 4.69) is 48.5 Å². The van der Waals surface area contributed by atoms with Crippen LogP contribution >= 0.6 is 24.4 Å². The summed E-state index contributed by atoms with van der Waals surface area (Å²) in [5.41, 5.74) is 1.24. The summed E-state index contributed by atoms with van der Waals surface area (Å²) in [5, 5.41) is 2.79. The molecule has 4 heteroatoms. The molecule has 82 valence electrons. The van der Waals surface area contributed by atoms with Gasteiger partial charge in [-0.2, -0.15) is 12.6 Å². The van der Waals surface area contributed by atoms with Gasteiger partial charge in [-0.3, -0.25) is 4.79 Å². The van der Waals surface area contributed by atoms with Crippen molar-refractivity contribution >= 4 is 30.3 Å². The molecule has 0 aliphatic heterocycles. The van der Waals surface area contributed by atoms with E-state index in [0.29, 0.717) is 6.54 Å². The fourth-order valence-corrected chi connectivity index (χ4v) is 1.71. The number of hydrogen-bond donors (Lipinski definition) is 2. The smallest absolute Gasteiger partial charge is 0.229 e. The van der Waals surface area contributed by atoms with Gasteiger partial charge in [-0.05, 0) is 30.4 Å². The molecule has 0 saturated heterocycles. The van der Waals surface area contributed by atoms with Gasteiger partial charge in [-0.25, -0.2) is 0 Å². The maximum atomic E-state index is 10.9. The maximum Gasteiger partial charge on any atom is 0.229 e. The first-order chi connectivity index (χ1) is 7.26. The van der Waals surface area contributed by atoms with Crippen LogP contribution in [0.2, 0.25) is 0 Å². The van der Waals surface area contributed by atoms with Gasteiger partial charge in [0.2, 0.25) is 5.91 Å². The highest BCUT2D eigenvalue weighted by Crippen LogP contribution is 2.14. The van der Waals surface area contributed by atoms with E-state index in [0.717, 1.165) is 6.42 Å². The Morgan fingerprint density at radius 1 is 1.40 bits per heavy atom. The van der Waals surface area contributed by atoms with Crippen molar-refractivity contribution in [3.05, 3.63) is 29.8 Å². The third-order valence-electron chi connectivity index (χ3n) is 2.04. The second-order valence-electron chi connectivity index (χ2n) is 3.11. The first-order valence-corrected chi connectivity index (χ1v) is 6.62. The monoisotopic (exact) mass is 241 g/mol. The number of hydrogen-bond acceptors (Lipinski definition) is 3. The molecule has 0 aliphatic carbocycles. The molecule has 1 N–H and O–H groups in total. The Kier molecular flexibility index (Phi) is 5.65. The van der Waals surface area contributed by atoms with Gasteiger partial charge in [0.05, 0.1) is 5.75 Å². The third-order valence-corrected chi connectivity index (χ3v) is 3.07. The molecular formula is C11H15NOS2. The summed E-state index contributed by atoms with van der Waals surface area (Å²) in [6.07, 6.45) is 2.93. The van der Waals surface area contributed by atoms with Crippen LogP contribution in [0.4, 0.5) is 0 Å². The van der Waals surface area contributed by atoms with E-state index in [1.165, 1.54) is 10.5 Å². The number of amides is 1. The van der Waals surface area contributed by atoms with E-state index in [-0.39, 0.29) is 11.7 Å². The Hall–Kier alpha value is -0.610. The van der Waals surface area contributed by atoms with Crippen molar-refractivity contribution in [2.45, 2.75) is 11.3 Å². The molecule has 2 nitrogen and oxygen atoms in total. The molecule has 0 spiro atoms. The zero-order chi connectivity index (χ0) is 11.1. The van der Waals surface area contributed by atoms with E-state index >= 15 is 0 Å². The van der Waals surface area contributed by atoms with Crippen molar-refractivity contribution in [3.63, 3.8) is 0 Å². The molecule has 0 bridgehead atoms. The Morgan fingerprint density at radius 2 is 2.07 bits per heavy atom. The lowest BCUT2D eigenvalue weighted by atomic mass is 10.1. The van der Waals surface area contributed by atoms with Gasteiger partial charge in [-0.15, -0.1) is 11.8 Å². The van der Waals surface area contributed by atoms with Crippen molar-refractivity contribution in [3.8, 4) is 0 Å². The topological polar surface area (TPSA) is 29.1 Å². The van der Waals surface area contributed by atoms with Crippen LogP contribution in [0, 0.1) is 0 Å². The number of thioether (sulfide) groups is 1. The number of benzene rings is 1. The van der Waals surface area contributed by atoms with Crippen LogP contribution < -0.4 is 5.32 Å². The Balaban J connectivity index is 2.34. The number of nitrogens with one attached hydrogen (secondary N) is 1. The van der Waals surface area contributed by atoms with Gasteiger partial charge in [0.15, 0.2) is 0 Å². The first kappa shape index (κ1) is 12.5. The molecule has 0 radical (unpaired) electrons. The SMILES string of the molecule is CSc1ccc(CCNC(=O)CS)cc1. The molecule has 0 fully saturated rings. The molecule has 1 amide bonds. The van der Waals surface area contributed by atoms with Crippen molar-refractivity contribution < 1.29 is 4.79 Å². The lowest BCUT2D eigenvalue weighted by Gasteiger charge is -2.04. The zero-order valence-electron chi connectivity index (χ0n) is 8.69. The molecule has 1 aromatic rings. The molecule has 0 atom stereocenters. The van der Waals surface area contributed by atoms with Crippen molar-refractivity contribution in [1.29, 1.82) is 0 Å². The highest BCUT2D eigenvalue weighted by molar-refractivity contribution is 7.98. The molecule has 0 unspecified atom stereocenters. The summed E-state index contributed by atoms with van der Waals surface area (Å²) in [7, 11) is 0. The summed E-state index contributed by atoms with van der Waals surface area (Å²) in [6.45, 7) is 0.679. The quantitative estimate of drug-likeness (QED) is 0.610. The van der Waals surface area contributed by atoms with Crippen LogP contribution in [0.15, 0.2) is 29.2 Å². The predicted molar refractivity (Wildman–Crippen MR) is 68.8 cm³/mol. The predicted octanol–water partition coefficient (Wildman–Crippen LogP) is 2.00. The average Bonchev–Trinajstić information content (AvgIpc) is 2.29. The van der Waals surface area contributed by atoms with E-state index in [4.69, 9.17) is 0 Å². The van der Waals surface area contributed by atoms with Crippen LogP contribution in [0.1, 0.15) is 5.56 Å². The number of carbonyl (C=O) groups is 1. The standard InChI is InChI=1S/C11H15NOS2/c1-15-10-4-2-9(3-5-10)6-7-12-11(13)8-14/h2-5,14H,6-8H2,1H3,(H,12,13). The molecule has 1 aromatic carbocycles. The molecule has 0 aromatic heterocycles. The molecule has 0 saturated carbocycles. The van der Waals surface area contributed by atoms with E-state index in [9.17, 15) is 4.79 Å². The summed E-state index contributed by atoms with van der Waals surface area (Å²) in [5.74, 6) is 0.241. The number of carbonyl (C=O) groups excluding carboxylic acids is 1. The summed E-state index contributed by atoms with van der Waals surface area (Å²) < 4.78 is 0. The normalized spacial score (nSPS) is 10.0. The second kappa shape index (κ2) is 6.80. The molecular weight excluding hydrogens is 226 g/mol. The Morgan fingerprint density at radius 3 is 2.60 bits per heavy atom. The van der Waals surface area contributed by atoms with Gasteiger partial charge >= 0.3 is 0 Å². The minimum absolute atomic E-state index is 0.0148. The lowest BCUT2D eigenvalue weighted by molar-refractivity contribution is -0.118. The lowest BCUT2D eigenvalue weighted by Crippen LogP contribution is -2.26. The average molecular weight is 241 g/mol. The minimum atomic E-state index is -0.0148. The van der Waals surface area contributed by atoms with Crippen LogP contribution in [0.25, 0.3) is 0 Å². The van der Waals surface area contributed by atoms with Gasteiger partial charge < -0.3 is 5.32 Å². The minimum Gasteiger partial charge on any atom is -0.355 e. The summed E-state index contributed by atoms with van der Waals surface area (Å²) >= 11 is 5.62. The van der Waals surface area contributed by atoms with Crippen molar-refractivity contribution in [1.82, 2.24) is 5.32 Å². The van der Waals surface area contributed by atoms with Crippen LogP contribution in [-0.4, -0.2) is 24.5 Å². The molecule has 15 heavy (non-hydrogen) atoms. The highest BCUT2D eigenvalue weighted by Gasteiger charge is 1.97. The summed E-state index contributed by atoms with van der Waals surface area (Å²) in [4.78, 5) is 12.2. The number of thiol groups is 1. The Labute approximate surface area is 100 Å². The zero-order valence-corrected chi connectivity index (χ0v) is 10.4. The largest absolute Gasteiger partial charge is 0.355 e. The second-order valence-corrected chi connectivity index (χ2v) is 4.30. The molecule has 0 heterocycles. The first-order valence-electron chi connectivity index (χ1n) is 4.76. The van der Waals surface area contributed by atoms with Crippen LogP contribution in [0.5, 0.6) is 0 Å². The van der Waals surface area contributed by atoms with Gasteiger partial charge in [-0.1, -0.05) is 12.1 Å². The Bertz CT molecular complexity index is 311. The van der Waals surface area contributed by atoms with Gasteiger partial charge in [0.1, 0.15) is 0 Å².